The van der Waals surface area contributed by atoms with Crippen LogP contribution < -0.4 is 0 Å². The average Bonchev–Trinajstić information content (AvgIpc) is 2.33. The van der Waals surface area contributed by atoms with Gasteiger partial charge in [0.1, 0.15) is 6.61 Å². The van der Waals surface area contributed by atoms with Crippen LogP contribution in [0.2, 0.25) is 0 Å². The fourth-order valence-corrected chi connectivity index (χ4v) is 2.04. The Morgan fingerprint density at radius 3 is 2.44 bits per heavy atom. The van der Waals surface area contributed by atoms with Crippen LogP contribution >= 0.6 is 15.9 Å². The lowest BCUT2D eigenvalue weighted by Gasteiger charge is -2.32. The fourth-order valence-electron chi connectivity index (χ4n) is 1.85. The summed E-state index contributed by atoms with van der Waals surface area (Å²) < 4.78 is 11.2. The summed E-state index contributed by atoms with van der Waals surface area (Å²) in [4.78, 5) is 13.8. The Bertz CT molecular complexity index is 257. The molecule has 1 aliphatic rings. The zero-order chi connectivity index (χ0) is 13.6. The van der Waals surface area contributed by atoms with Crippen LogP contribution in [0.25, 0.3) is 0 Å². The number of carbonyl (C=O) groups excluding carboxylic acids is 1. The molecule has 0 aromatic rings. The van der Waals surface area contributed by atoms with Gasteiger partial charge in [0.05, 0.1) is 18.3 Å². The molecule has 1 rings (SSSR count). The van der Waals surface area contributed by atoms with Crippen molar-refractivity contribution in [1.82, 2.24) is 4.90 Å². The standard InChI is InChI=1S/C13H24BrNO3/c1-13(2,3)18-10-12(16)15-7-4-11(5-8-15)17-9-6-14/h11H,4-10H2,1-3H3. The minimum Gasteiger partial charge on any atom is -0.377 e. The Balaban J connectivity index is 2.23. The van der Waals surface area contributed by atoms with Crippen LogP contribution in [0.4, 0.5) is 0 Å². The first-order valence-corrected chi connectivity index (χ1v) is 7.64. The Morgan fingerprint density at radius 2 is 1.94 bits per heavy atom. The van der Waals surface area contributed by atoms with E-state index >= 15 is 0 Å². The summed E-state index contributed by atoms with van der Waals surface area (Å²) in [5.74, 6) is 0.0869. The van der Waals surface area contributed by atoms with E-state index in [0.717, 1.165) is 37.9 Å². The summed E-state index contributed by atoms with van der Waals surface area (Å²) in [5.41, 5.74) is -0.257. The van der Waals surface area contributed by atoms with Gasteiger partial charge in [-0.25, -0.2) is 0 Å². The number of piperidine rings is 1. The number of halogens is 1. The maximum absolute atomic E-state index is 11.9. The number of hydrogen-bond donors (Lipinski definition) is 0. The highest BCUT2D eigenvalue weighted by atomic mass is 79.9. The van der Waals surface area contributed by atoms with Crippen LogP contribution in [0.1, 0.15) is 33.6 Å². The van der Waals surface area contributed by atoms with Gasteiger partial charge < -0.3 is 14.4 Å². The molecule has 0 bridgehead atoms. The quantitative estimate of drug-likeness (QED) is 0.729. The average molecular weight is 322 g/mol. The molecule has 0 aromatic heterocycles. The molecule has 106 valence electrons. The first-order valence-electron chi connectivity index (χ1n) is 6.51. The van der Waals surface area contributed by atoms with Gasteiger partial charge >= 0.3 is 0 Å². The zero-order valence-electron chi connectivity index (χ0n) is 11.6. The monoisotopic (exact) mass is 321 g/mol. The van der Waals surface area contributed by atoms with Crippen LogP contribution in [0.3, 0.4) is 0 Å². The Labute approximate surface area is 118 Å². The third kappa shape index (κ3) is 6.16. The second kappa shape index (κ2) is 7.46. The molecule has 0 spiro atoms. The van der Waals surface area contributed by atoms with Gasteiger partial charge in [-0.1, -0.05) is 15.9 Å². The van der Waals surface area contributed by atoms with Crippen LogP contribution in [-0.4, -0.2) is 54.1 Å². The molecular weight excluding hydrogens is 298 g/mol. The first kappa shape index (κ1) is 15.9. The Morgan fingerprint density at radius 1 is 1.33 bits per heavy atom. The predicted molar refractivity (Wildman–Crippen MR) is 75.1 cm³/mol. The number of nitrogens with zero attached hydrogens (tertiary/aromatic N) is 1. The summed E-state index contributed by atoms with van der Waals surface area (Å²) in [6.07, 6.45) is 2.15. The number of ether oxygens (including phenoxy) is 2. The van der Waals surface area contributed by atoms with Crippen LogP contribution in [0, 0.1) is 0 Å². The normalized spacial score (nSPS) is 18.1. The number of alkyl halides is 1. The number of rotatable bonds is 5. The summed E-state index contributed by atoms with van der Waals surface area (Å²) in [6, 6.07) is 0. The van der Waals surface area contributed by atoms with E-state index in [2.05, 4.69) is 15.9 Å². The van der Waals surface area contributed by atoms with Gasteiger partial charge in [-0.05, 0) is 33.6 Å². The predicted octanol–water partition coefficient (Wildman–Crippen LogP) is 2.20. The number of amides is 1. The highest BCUT2D eigenvalue weighted by Gasteiger charge is 2.24. The van der Waals surface area contributed by atoms with Crippen molar-refractivity contribution in [3.8, 4) is 0 Å². The van der Waals surface area contributed by atoms with Gasteiger partial charge in [-0.3, -0.25) is 4.79 Å². The molecule has 0 aromatic carbocycles. The highest BCUT2D eigenvalue weighted by Crippen LogP contribution is 2.15. The van der Waals surface area contributed by atoms with Crippen molar-refractivity contribution in [2.75, 3.05) is 31.6 Å². The molecule has 4 nitrogen and oxygen atoms in total. The van der Waals surface area contributed by atoms with E-state index in [4.69, 9.17) is 9.47 Å². The molecule has 0 aliphatic carbocycles. The minimum atomic E-state index is -0.257. The smallest absolute Gasteiger partial charge is 0.248 e. The topological polar surface area (TPSA) is 38.8 Å². The summed E-state index contributed by atoms with van der Waals surface area (Å²) in [6.45, 7) is 8.35. The van der Waals surface area contributed by atoms with E-state index in [1.165, 1.54) is 0 Å². The zero-order valence-corrected chi connectivity index (χ0v) is 13.2. The Kier molecular flexibility index (Phi) is 6.60. The molecule has 0 atom stereocenters. The minimum absolute atomic E-state index is 0.0869. The third-order valence-corrected chi connectivity index (χ3v) is 3.18. The Hall–Kier alpha value is -0.130. The molecule has 1 fully saturated rings. The second-order valence-corrected chi connectivity index (χ2v) is 6.33. The molecule has 1 saturated heterocycles. The van der Waals surface area contributed by atoms with Crippen molar-refractivity contribution in [1.29, 1.82) is 0 Å². The summed E-state index contributed by atoms with van der Waals surface area (Å²) in [7, 11) is 0. The van der Waals surface area contributed by atoms with E-state index in [1.54, 1.807) is 0 Å². The van der Waals surface area contributed by atoms with E-state index in [9.17, 15) is 4.79 Å². The molecule has 5 heteroatoms. The lowest BCUT2D eigenvalue weighted by atomic mass is 10.1. The molecular formula is C13H24BrNO3. The van der Waals surface area contributed by atoms with Crippen LogP contribution in [0.5, 0.6) is 0 Å². The summed E-state index contributed by atoms with van der Waals surface area (Å²) >= 11 is 3.34. The van der Waals surface area contributed by atoms with Gasteiger partial charge in [-0.15, -0.1) is 0 Å². The fraction of sp³-hybridized carbons (Fsp3) is 0.923. The number of hydrogen-bond acceptors (Lipinski definition) is 3. The highest BCUT2D eigenvalue weighted by molar-refractivity contribution is 9.09. The SMILES string of the molecule is CC(C)(C)OCC(=O)N1CCC(OCCBr)CC1. The van der Waals surface area contributed by atoms with Crippen molar-refractivity contribution >= 4 is 21.8 Å². The molecule has 0 unspecified atom stereocenters. The van der Waals surface area contributed by atoms with Crippen molar-refractivity contribution in [3.05, 3.63) is 0 Å². The van der Waals surface area contributed by atoms with Gasteiger partial charge in [0.25, 0.3) is 0 Å². The van der Waals surface area contributed by atoms with Crippen LogP contribution in [0.15, 0.2) is 0 Å². The molecule has 1 heterocycles. The van der Waals surface area contributed by atoms with Crippen molar-refractivity contribution in [2.24, 2.45) is 0 Å². The largest absolute Gasteiger partial charge is 0.377 e. The van der Waals surface area contributed by atoms with E-state index in [-0.39, 0.29) is 18.1 Å². The van der Waals surface area contributed by atoms with Crippen molar-refractivity contribution in [3.63, 3.8) is 0 Å². The maximum Gasteiger partial charge on any atom is 0.248 e. The first-order chi connectivity index (χ1) is 8.42. The molecule has 0 saturated carbocycles. The molecule has 1 aliphatic heterocycles. The van der Waals surface area contributed by atoms with E-state index in [1.807, 2.05) is 25.7 Å². The molecule has 0 N–H and O–H groups in total. The van der Waals surface area contributed by atoms with Gasteiger partial charge in [0.2, 0.25) is 5.91 Å². The van der Waals surface area contributed by atoms with E-state index < -0.39 is 0 Å². The van der Waals surface area contributed by atoms with Gasteiger partial charge in [-0.2, -0.15) is 0 Å². The van der Waals surface area contributed by atoms with Crippen molar-refractivity contribution in [2.45, 2.75) is 45.3 Å². The van der Waals surface area contributed by atoms with Gasteiger partial charge in [0, 0.05) is 18.4 Å². The lowest BCUT2D eigenvalue weighted by molar-refractivity contribution is -0.143. The molecule has 0 radical (unpaired) electrons. The second-order valence-electron chi connectivity index (χ2n) is 5.54. The molecule has 1 amide bonds. The maximum atomic E-state index is 11.9. The lowest BCUT2D eigenvalue weighted by Crippen LogP contribution is -2.43. The van der Waals surface area contributed by atoms with Gasteiger partial charge in [0.15, 0.2) is 0 Å². The van der Waals surface area contributed by atoms with Crippen molar-refractivity contribution < 1.29 is 14.3 Å². The third-order valence-electron chi connectivity index (χ3n) is 2.85. The van der Waals surface area contributed by atoms with Crippen LogP contribution in [-0.2, 0) is 14.3 Å². The molecule has 18 heavy (non-hydrogen) atoms. The number of likely N-dealkylation sites (tertiary alicyclic amines) is 1. The number of carbonyl (C=O) groups is 1. The summed E-state index contributed by atoms with van der Waals surface area (Å²) in [5, 5.41) is 0.867. The van der Waals surface area contributed by atoms with E-state index in [0.29, 0.717) is 6.10 Å².